The lowest BCUT2D eigenvalue weighted by atomic mass is 10.0. The Bertz CT molecular complexity index is 426. The second-order valence-corrected chi connectivity index (χ2v) is 4.10. The van der Waals surface area contributed by atoms with Crippen molar-refractivity contribution in [1.29, 1.82) is 0 Å². The highest BCUT2D eigenvalue weighted by Crippen LogP contribution is 2.16. The number of nitrogens with two attached hydrogens (primary N) is 1. The third kappa shape index (κ3) is 3.29. The quantitative estimate of drug-likeness (QED) is 0.789. The molecular weight excluding hydrogens is 216 g/mol. The van der Waals surface area contributed by atoms with Crippen molar-refractivity contribution in [2.45, 2.75) is 24.9 Å². The van der Waals surface area contributed by atoms with Crippen LogP contribution in [0.1, 0.15) is 12.0 Å². The molecule has 2 rings (SSSR count). The first-order valence-electron chi connectivity index (χ1n) is 5.52. The second kappa shape index (κ2) is 5.45. The smallest absolute Gasteiger partial charge is 0.108 e. The third-order valence-electron chi connectivity index (χ3n) is 2.67. The Morgan fingerprint density at radius 1 is 1.35 bits per heavy atom. The Labute approximate surface area is 99.4 Å². The summed E-state index contributed by atoms with van der Waals surface area (Å²) in [6.45, 7) is 0. The first kappa shape index (κ1) is 11.6. The van der Waals surface area contributed by atoms with Gasteiger partial charge in [-0.15, -0.1) is 4.91 Å². The van der Waals surface area contributed by atoms with Crippen LogP contribution in [0.3, 0.4) is 0 Å². The summed E-state index contributed by atoms with van der Waals surface area (Å²) in [5.74, 6) is 0. The van der Waals surface area contributed by atoms with Crippen LogP contribution in [-0.2, 0) is 6.42 Å². The zero-order valence-corrected chi connectivity index (χ0v) is 9.36. The highest BCUT2D eigenvalue weighted by atomic mass is 16.3. The van der Waals surface area contributed by atoms with Gasteiger partial charge in [0.25, 0.3) is 0 Å². The van der Waals surface area contributed by atoms with Gasteiger partial charge in [-0.05, 0) is 41.8 Å². The van der Waals surface area contributed by atoms with Crippen molar-refractivity contribution >= 4 is 5.69 Å². The predicted molar refractivity (Wildman–Crippen MR) is 66.0 cm³/mol. The van der Waals surface area contributed by atoms with E-state index in [1.807, 2.05) is 18.2 Å². The van der Waals surface area contributed by atoms with Gasteiger partial charge in [-0.2, -0.15) is 10.2 Å². The Hall–Kier alpha value is -1.88. The van der Waals surface area contributed by atoms with E-state index >= 15 is 0 Å². The van der Waals surface area contributed by atoms with Crippen molar-refractivity contribution in [1.82, 2.24) is 0 Å². The fourth-order valence-corrected chi connectivity index (χ4v) is 1.82. The van der Waals surface area contributed by atoms with Gasteiger partial charge in [0.1, 0.15) is 5.69 Å². The maximum Gasteiger partial charge on any atom is 0.108 e. The monoisotopic (exact) mass is 230 g/mol. The molecule has 0 aromatic heterocycles. The van der Waals surface area contributed by atoms with Gasteiger partial charge in [-0.3, -0.25) is 0 Å². The summed E-state index contributed by atoms with van der Waals surface area (Å²) < 4.78 is 0. The van der Waals surface area contributed by atoms with E-state index in [0.717, 1.165) is 18.4 Å². The van der Waals surface area contributed by atoms with E-state index in [0.29, 0.717) is 5.69 Å². The van der Waals surface area contributed by atoms with Gasteiger partial charge in [0.2, 0.25) is 0 Å². The molecule has 17 heavy (non-hydrogen) atoms. The Kier molecular flexibility index (Phi) is 3.72. The van der Waals surface area contributed by atoms with Crippen molar-refractivity contribution in [3.8, 4) is 0 Å². The van der Waals surface area contributed by atoms with Crippen LogP contribution in [0.25, 0.3) is 0 Å². The fourth-order valence-electron chi connectivity index (χ4n) is 1.82. The maximum atomic E-state index is 10.3. The van der Waals surface area contributed by atoms with Gasteiger partial charge in [0.05, 0.1) is 6.04 Å². The minimum absolute atomic E-state index is 0.0386. The lowest BCUT2D eigenvalue weighted by Crippen LogP contribution is -2.26. The maximum absolute atomic E-state index is 10.3. The molecule has 0 saturated heterocycles. The number of hydrogen-bond donors (Lipinski definition) is 1. The highest BCUT2D eigenvalue weighted by molar-refractivity contribution is 5.38. The molecule has 2 N–H and O–H groups in total. The molecule has 0 spiro atoms. The van der Waals surface area contributed by atoms with Crippen LogP contribution < -0.4 is 5.73 Å². The van der Waals surface area contributed by atoms with Crippen LogP contribution >= 0.6 is 0 Å². The standard InChI is InChI=1S/C12H14N4O/c13-10(8-12-5-6-14-15-12)7-9-1-3-11(16-17)4-2-9/h1-6,10,12H,7-8,13H2/t10-,12?/m0/s1. The average molecular weight is 230 g/mol. The molecule has 88 valence electrons. The molecule has 0 amide bonds. The van der Waals surface area contributed by atoms with E-state index < -0.39 is 0 Å². The van der Waals surface area contributed by atoms with Gasteiger partial charge >= 0.3 is 0 Å². The summed E-state index contributed by atoms with van der Waals surface area (Å²) in [5, 5.41) is 10.7. The Morgan fingerprint density at radius 2 is 2.12 bits per heavy atom. The minimum atomic E-state index is 0.0386. The van der Waals surface area contributed by atoms with Gasteiger partial charge in [0, 0.05) is 12.2 Å². The SMILES string of the molecule is N[C@@H](Cc1ccc(N=O)cc1)CC1C=CN=N1. The molecule has 1 unspecified atom stereocenters. The molecule has 0 saturated carbocycles. The van der Waals surface area contributed by atoms with Crippen LogP contribution in [0.2, 0.25) is 0 Å². The summed E-state index contributed by atoms with van der Waals surface area (Å²) in [5.41, 5.74) is 7.58. The fraction of sp³-hybridized carbons (Fsp3) is 0.333. The summed E-state index contributed by atoms with van der Waals surface area (Å²) >= 11 is 0. The Balaban J connectivity index is 1.88. The van der Waals surface area contributed by atoms with Gasteiger partial charge in [-0.25, -0.2) is 0 Å². The number of rotatable bonds is 5. The molecule has 1 aliphatic heterocycles. The highest BCUT2D eigenvalue weighted by Gasteiger charge is 2.12. The van der Waals surface area contributed by atoms with Crippen molar-refractivity contribution in [2.24, 2.45) is 21.1 Å². The van der Waals surface area contributed by atoms with Crippen LogP contribution in [0.5, 0.6) is 0 Å². The summed E-state index contributed by atoms with van der Waals surface area (Å²) in [7, 11) is 0. The molecule has 5 nitrogen and oxygen atoms in total. The van der Waals surface area contributed by atoms with Gasteiger partial charge in [0.15, 0.2) is 0 Å². The largest absolute Gasteiger partial charge is 0.327 e. The molecule has 1 aromatic rings. The van der Waals surface area contributed by atoms with E-state index in [4.69, 9.17) is 5.73 Å². The molecule has 0 radical (unpaired) electrons. The predicted octanol–water partition coefficient (Wildman–Crippen LogP) is 2.69. The molecule has 0 aliphatic carbocycles. The second-order valence-electron chi connectivity index (χ2n) is 4.10. The molecule has 5 heteroatoms. The van der Waals surface area contributed by atoms with E-state index in [1.54, 1.807) is 18.3 Å². The van der Waals surface area contributed by atoms with Crippen LogP contribution in [-0.4, -0.2) is 12.1 Å². The zero-order chi connectivity index (χ0) is 12.1. The lowest BCUT2D eigenvalue weighted by Gasteiger charge is -2.12. The number of hydrogen-bond acceptors (Lipinski definition) is 5. The Morgan fingerprint density at radius 3 is 2.71 bits per heavy atom. The molecule has 1 aromatic carbocycles. The first-order valence-corrected chi connectivity index (χ1v) is 5.52. The first-order chi connectivity index (χ1) is 8.28. The van der Waals surface area contributed by atoms with Crippen molar-refractivity contribution in [2.75, 3.05) is 0 Å². The lowest BCUT2D eigenvalue weighted by molar-refractivity contribution is 0.569. The van der Waals surface area contributed by atoms with E-state index in [9.17, 15) is 4.91 Å². The minimum Gasteiger partial charge on any atom is -0.327 e. The van der Waals surface area contributed by atoms with Crippen molar-refractivity contribution < 1.29 is 0 Å². The molecule has 0 bridgehead atoms. The summed E-state index contributed by atoms with van der Waals surface area (Å²) in [6, 6.07) is 7.30. The summed E-state index contributed by atoms with van der Waals surface area (Å²) in [6.07, 6.45) is 5.19. The third-order valence-corrected chi connectivity index (χ3v) is 2.67. The molecule has 1 aliphatic rings. The zero-order valence-electron chi connectivity index (χ0n) is 9.36. The average Bonchev–Trinajstić information content (AvgIpc) is 2.82. The molecule has 1 heterocycles. The molecule has 0 fully saturated rings. The van der Waals surface area contributed by atoms with Gasteiger partial charge < -0.3 is 5.73 Å². The normalized spacial score (nSPS) is 19.5. The van der Waals surface area contributed by atoms with Gasteiger partial charge in [-0.1, -0.05) is 12.1 Å². The van der Waals surface area contributed by atoms with Crippen LogP contribution in [0, 0.1) is 4.91 Å². The number of nitroso groups, excluding NO2 is 1. The van der Waals surface area contributed by atoms with E-state index in [-0.39, 0.29) is 12.1 Å². The van der Waals surface area contributed by atoms with Crippen LogP contribution in [0.15, 0.2) is 51.9 Å². The van der Waals surface area contributed by atoms with E-state index in [2.05, 4.69) is 15.4 Å². The topological polar surface area (TPSA) is 80.2 Å². The molecular formula is C12H14N4O. The van der Waals surface area contributed by atoms with Crippen molar-refractivity contribution in [3.05, 3.63) is 47.0 Å². The molecule has 2 atom stereocenters. The number of benzene rings is 1. The van der Waals surface area contributed by atoms with E-state index in [1.165, 1.54) is 0 Å². The summed E-state index contributed by atoms with van der Waals surface area (Å²) in [4.78, 5) is 10.3. The van der Waals surface area contributed by atoms with Crippen LogP contribution in [0.4, 0.5) is 5.69 Å². The van der Waals surface area contributed by atoms with Crippen molar-refractivity contribution in [3.63, 3.8) is 0 Å². The number of nitrogens with zero attached hydrogens (tertiary/aromatic N) is 3. The number of azo groups is 1.